The fraction of sp³-hybridized carbons (Fsp3) is 0.200. The molecular formula is C15H12Br2F2O. The molecule has 106 valence electrons. The Balaban J connectivity index is 2.08. The van der Waals surface area contributed by atoms with Crippen molar-refractivity contribution < 1.29 is 13.5 Å². The van der Waals surface area contributed by atoms with Gasteiger partial charge in [-0.1, -0.05) is 56.1 Å². The predicted molar refractivity (Wildman–Crippen MR) is 82.6 cm³/mol. The van der Waals surface area contributed by atoms with Gasteiger partial charge in [-0.25, -0.2) is 0 Å². The van der Waals surface area contributed by atoms with Gasteiger partial charge in [0.15, 0.2) is 0 Å². The first-order chi connectivity index (χ1) is 9.54. The van der Waals surface area contributed by atoms with E-state index in [2.05, 4.69) is 36.6 Å². The zero-order chi connectivity index (χ0) is 14.5. The molecule has 0 radical (unpaired) electrons. The van der Waals surface area contributed by atoms with Crippen molar-refractivity contribution in [3.63, 3.8) is 0 Å². The first kappa shape index (κ1) is 15.4. The molecule has 0 N–H and O–H groups in total. The molecule has 0 aliphatic carbocycles. The second kappa shape index (κ2) is 7.18. The van der Waals surface area contributed by atoms with Crippen molar-refractivity contribution in [2.75, 3.05) is 0 Å². The molecule has 0 saturated heterocycles. The summed E-state index contributed by atoms with van der Waals surface area (Å²) in [5, 5.41) is 0. The molecule has 1 unspecified atom stereocenters. The Morgan fingerprint density at radius 1 is 1.05 bits per heavy atom. The zero-order valence-corrected chi connectivity index (χ0v) is 13.6. The van der Waals surface area contributed by atoms with Crippen LogP contribution in [0.4, 0.5) is 8.78 Å². The smallest absolute Gasteiger partial charge is 0.387 e. The van der Waals surface area contributed by atoms with E-state index in [9.17, 15) is 8.78 Å². The van der Waals surface area contributed by atoms with Crippen molar-refractivity contribution in [1.82, 2.24) is 0 Å². The van der Waals surface area contributed by atoms with Crippen LogP contribution in [-0.4, -0.2) is 6.61 Å². The Bertz CT molecular complexity index is 558. The molecule has 0 aliphatic heterocycles. The lowest BCUT2D eigenvalue weighted by Gasteiger charge is -2.12. The predicted octanol–water partition coefficient (Wildman–Crippen LogP) is 5.73. The molecule has 0 aromatic heterocycles. The van der Waals surface area contributed by atoms with Gasteiger partial charge in [0.2, 0.25) is 0 Å². The van der Waals surface area contributed by atoms with Crippen LogP contribution in [0.15, 0.2) is 53.0 Å². The van der Waals surface area contributed by atoms with E-state index in [0.29, 0.717) is 0 Å². The van der Waals surface area contributed by atoms with E-state index in [0.717, 1.165) is 22.0 Å². The monoisotopic (exact) mass is 404 g/mol. The van der Waals surface area contributed by atoms with E-state index in [4.69, 9.17) is 0 Å². The highest BCUT2D eigenvalue weighted by Gasteiger charge is 2.11. The average Bonchev–Trinajstić information content (AvgIpc) is 2.41. The maximum atomic E-state index is 12.2. The Labute approximate surface area is 133 Å². The van der Waals surface area contributed by atoms with Crippen LogP contribution in [-0.2, 0) is 6.42 Å². The number of benzene rings is 2. The Hall–Kier alpha value is -0.940. The zero-order valence-electron chi connectivity index (χ0n) is 10.4. The summed E-state index contributed by atoms with van der Waals surface area (Å²) >= 11 is 6.98. The minimum absolute atomic E-state index is 0.0462. The van der Waals surface area contributed by atoms with Crippen molar-refractivity contribution in [1.29, 1.82) is 0 Å². The second-order valence-electron chi connectivity index (χ2n) is 4.25. The highest BCUT2D eigenvalue weighted by atomic mass is 79.9. The van der Waals surface area contributed by atoms with Gasteiger partial charge in [-0.05, 0) is 41.8 Å². The lowest BCUT2D eigenvalue weighted by molar-refractivity contribution is -0.0498. The molecule has 20 heavy (non-hydrogen) atoms. The van der Waals surface area contributed by atoms with Crippen molar-refractivity contribution in [3.05, 3.63) is 64.1 Å². The van der Waals surface area contributed by atoms with Crippen LogP contribution < -0.4 is 4.74 Å². The number of rotatable bonds is 5. The molecule has 1 atom stereocenters. The molecule has 1 nitrogen and oxygen atoms in total. The third-order valence-corrected chi connectivity index (χ3v) is 4.15. The van der Waals surface area contributed by atoms with E-state index in [1.807, 2.05) is 30.3 Å². The number of ether oxygens (including phenoxy) is 1. The molecule has 0 amide bonds. The average molecular weight is 406 g/mol. The van der Waals surface area contributed by atoms with Crippen LogP contribution in [0.2, 0.25) is 0 Å². The molecular weight excluding hydrogens is 394 g/mol. The summed E-state index contributed by atoms with van der Waals surface area (Å²) in [4.78, 5) is 0.0462. The van der Waals surface area contributed by atoms with E-state index >= 15 is 0 Å². The molecule has 2 aromatic carbocycles. The van der Waals surface area contributed by atoms with Crippen LogP contribution in [0.5, 0.6) is 5.75 Å². The topological polar surface area (TPSA) is 9.23 Å². The van der Waals surface area contributed by atoms with Gasteiger partial charge in [0, 0.05) is 9.30 Å². The number of halogens is 4. The normalized spacial score (nSPS) is 12.4. The molecule has 0 aliphatic rings. The SMILES string of the molecule is FC(F)Oc1cccc(C(Br)Cc2ccc(Br)cc2)c1. The molecule has 0 fully saturated rings. The largest absolute Gasteiger partial charge is 0.435 e. The molecule has 0 heterocycles. The van der Waals surface area contributed by atoms with Gasteiger partial charge in [-0.15, -0.1) is 0 Å². The minimum Gasteiger partial charge on any atom is -0.435 e. The quantitative estimate of drug-likeness (QED) is 0.577. The summed E-state index contributed by atoms with van der Waals surface area (Å²) in [5.74, 6) is 0.178. The summed E-state index contributed by atoms with van der Waals surface area (Å²) in [6.07, 6.45) is 0.769. The van der Waals surface area contributed by atoms with Gasteiger partial charge < -0.3 is 4.74 Å². The summed E-state index contributed by atoms with van der Waals surface area (Å²) in [5.41, 5.74) is 2.07. The van der Waals surface area contributed by atoms with E-state index in [-0.39, 0.29) is 10.6 Å². The van der Waals surface area contributed by atoms with Gasteiger partial charge >= 0.3 is 6.61 Å². The molecule has 0 bridgehead atoms. The van der Waals surface area contributed by atoms with Crippen LogP contribution >= 0.6 is 31.9 Å². The fourth-order valence-electron chi connectivity index (χ4n) is 1.83. The van der Waals surface area contributed by atoms with Gasteiger partial charge in [0.1, 0.15) is 5.75 Å². The van der Waals surface area contributed by atoms with Crippen molar-refractivity contribution in [2.45, 2.75) is 17.9 Å². The van der Waals surface area contributed by atoms with Gasteiger partial charge in [0.05, 0.1) is 0 Å². The molecule has 0 saturated carbocycles. The highest BCUT2D eigenvalue weighted by Crippen LogP contribution is 2.30. The fourth-order valence-corrected chi connectivity index (χ4v) is 2.75. The number of hydrogen-bond acceptors (Lipinski definition) is 1. The third-order valence-electron chi connectivity index (χ3n) is 2.77. The summed E-state index contributed by atoms with van der Waals surface area (Å²) < 4.78 is 29.8. The lowest BCUT2D eigenvalue weighted by atomic mass is 10.0. The summed E-state index contributed by atoms with van der Waals surface area (Å²) in [7, 11) is 0. The van der Waals surface area contributed by atoms with Crippen LogP contribution in [0, 0.1) is 0 Å². The van der Waals surface area contributed by atoms with Crippen molar-refractivity contribution >= 4 is 31.9 Å². The first-order valence-corrected chi connectivity index (χ1v) is 7.69. The third kappa shape index (κ3) is 4.56. The Morgan fingerprint density at radius 2 is 1.75 bits per heavy atom. The van der Waals surface area contributed by atoms with Crippen LogP contribution in [0.25, 0.3) is 0 Å². The van der Waals surface area contributed by atoms with Gasteiger partial charge in [-0.2, -0.15) is 8.78 Å². The van der Waals surface area contributed by atoms with Crippen LogP contribution in [0.1, 0.15) is 16.0 Å². The minimum atomic E-state index is -2.80. The van der Waals surface area contributed by atoms with Crippen molar-refractivity contribution in [2.24, 2.45) is 0 Å². The van der Waals surface area contributed by atoms with E-state index < -0.39 is 6.61 Å². The van der Waals surface area contributed by atoms with Crippen molar-refractivity contribution in [3.8, 4) is 5.75 Å². The van der Waals surface area contributed by atoms with Gasteiger partial charge in [-0.3, -0.25) is 0 Å². The second-order valence-corrected chi connectivity index (χ2v) is 6.27. The lowest BCUT2D eigenvalue weighted by Crippen LogP contribution is -2.03. The molecule has 2 aromatic rings. The van der Waals surface area contributed by atoms with E-state index in [1.165, 1.54) is 6.07 Å². The molecule has 0 spiro atoms. The molecule has 2 rings (SSSR count). The Morgan fingerprint density at radius 3 is 2.40 bits per heavy atom. The maximum Gasteiger partial charge on any atom is 0.387 e. The van der Waals surface area contributed by atoms with E-state index in [1.54, 1.807) is 12.1 Å². The maximum absolute atomic E-state index is 12.2. The summed E-state index contributed by atoms with van der Waals surface area (Å²) in [6, 6.07) is 14.8. The summed E-state index contributed by atoms with van der Waals surface area (Å²) in [6.45, 7) is -2.80. The number of hydrogen-bond donors (Lipinski definition) is 0. The van der Waals surface area contributed by atoms with Gasteiger partial charge in [0.25, 0.3) is 0 Å². The Kier molecular flexibility index (Phi) is 5.54. The van der Waals surface area contributed by atoms with Crippen LogP contribution in [0.3, 0.4) is 0 Å². The molecule has 5 heteroatoms. The number of alkyl halides is 3. The first-order valence-electron chi connectivity index (χ1n) is 5.98. The highest BCUT2D eigenvalue weighted by molar-refractivity contribution is 9.10. The standard InChI is InChI=1S/C15H12Br2F2O/c16-12-6-4-10(5-7-12)8-14(17)11-2-1-3-13(9-11)20-15(18)19/h1-7,9,14-15H,8H2.